The van der Waals surface area contributed by atoms with Gasteiger partial charge in [-0.25, -0.2) is 0 Å². The van der Waals surface area contributed by atoms with Crippen LogP contribution in [0.1, 0.15) is 219 Å². The third-order valence-electron chi connectivity index (χ3n) is 11.5. The molecule has 4 unspecified atom stereocenters. The van der Waals surface area contributed by atoms with Gasteiger partial charge >= 0.3 is 60.8 Å². The molecule has 0 spiro atoms. The van der Waals surface area contributed by atoms with E-state index in [4.69, 9.17) is 18.9 Å². The second kappa shape index (κ2) is 44.3. The van der Waals surface area contributed by atoms with Crippen molar-refractivity contribution in [3.63, 3.8) is 0 Å². The van der Waals surface area contributed by atoms with E-state index < -0.39 is 11.9 Å². The number of ether oxygens (including phenoxy) is 4. The molecule has 0 heterocycles. The van der Waals surface area contributed by atoms with Crippen molar-refractivity contribution in [2.24, 2.45) is 0 Å². The van der Waals surface area contributed by atoms with E-state index in [0.717, 1.165) is 103 Å². The normalized spacial score (nSPS) is 12.7. The second-order valence-corrected chi connectivity index (χ2v) is 17.7. The fourth-order valence-corrected chi connectivity index (χ4v) is 7.80. The molecule has 2 rings (SSSR count). The predicted octanol–water partition coefficient (Wildman–Crippen LogP) is 11.1. The predicted molar refractivity (Wildman–Crippen MR) is 258 cm³/mol. The van der Waals surface area contributed by atoms with Gasteiger partial charge in [0.25, 0.3) is 0 Å². The number of rotatable bonds is 40. The van der Waals surface area contributed by atoms with Gasteiger partial charge in [-0.15, -0.1) is 0 Å². The van der Waals surface area contributed by atoms with Gasteiger partial charge in [0.2, 0.25) is 0 Å². The molecule has 0 aliphatic carbocycles. The van der Waals surface area contributed by atoms with Gasteiger partial charge in [0, 0.05) is 25.8 Å². The molecule has 364 valence electrons. The summed E-state index contributed by atoms with van der Waals surface area (Å²) in [5.41, 5.74) is 2.44. The Labute approximate surface area is 434 Å². The summed E-state index contributed by atoms with van der Waals surface area (Å²) in [4.78, 5) is 43.6. The Balaban J connectivity index is 0.00000124. The minimum atomic E-state index is -0.967. The molecule has 2 aromatic rings. The topological polar surface area (TPSA) is 151 Å². The molecule has 4 atom stereocenters. The van der Waals surface area contributed by atoms with Gasteiger partial charge < -0.3 is 38.7 Å². The minimum absolute atomic E-state index is 0. The van der Waals surface area contributed by atoms with Crippen LogP contribution < -0.4 is 10.2 Å². The fraction of sp³-hybridized carbons (Fsp3) is 0.704. The molecule has 0 bridgehead atoms. The average Bonchev–Trinajstić information content (AvgIpc) is 3.26. The first-order valence-electron chi connectivity index (χ1n) is 25.0. The summed E-state index contributed by atoms with van der Waals surface area (Å²) in [5.74, 6) is -2.33. The first kappa shape index (κ1) is 62.8. The molecule has 0 saturated heterocycles. The van der Waals surface area contributed by atoms with Crippen molar-refractivity contribution < 1.29 is 48.3 Å². The fourth-order valence-electron chi connectivity index (χ4n) is 7.80. The van der Waals surface area contributed by atoms with Crippen LogP contribution in [0.15, 0.2) is 60.7 Å². The number of esters is 2. The minimum Gasteiger partial charge on any atom is -0.550 e. The van der Waals surface area contributed by atoms with Crippen LogP contribution >= 0.6 is 0 Å². The van der Waals surface area contributed by atoms with Crippen LogP contribution in [0.3, 0.4) is 0 Å². The first-order chi connectivity index (χ1) is 30.9. The third-order valence-corrected chi connectivity index (χ3v) is 11.5. The summed E-state index contributed by atoms with van der Waals surface area (Å²) in [7, 11) is 0. The number of carboxylic acids is 2. The van der Waals surface area contributed by atoms with Crippen molar-refractivity contribution in [2.45, 2.75) is 245 Å². The zero-order valence-electron chi connectivity index (χ0n) is 41.1. The summed E-state index contributed by atoms with van der Waals surface area (Å²) >= 11 is 0. The molecule has 0 amide bonds. The smallest absolute Gasteiger partial charge is 0.550 e. The Morgan fingerprint density at radius 1 is 0.415 bits per heavy atom. The Bertz CT molecular complexity index is 1320. The van der Waals surface area contributed by atoms with Gasteiger partial charge in [0.1, 0.15) is 12.2 Å². The average molecular weight is 1030 g/mol. The van der Waals surface area contributed by atoms with Gasteiger partial charge in [-0.1, -0.05) is 151 Å². The Morgan fingerprint density at radius 3 is 0.954 bits per heavy atom. The summed E-state index contributed by atoms with van der Waals surface area (Å²) in [6.45, 7) is 8.62. The van der Waals surface area contributed by atoms with Gasteiger partial charge in [-0.3, -0.25) is 9.59 Å². The van der Waals surface area contributed by atoms with E-state index in [9.17, 15) is 29.4 Å². The molecule has 11 heteroatoms. The number of benzene rings is 2. The maximum Gasteiger partial charge on any atom is 2.00 e. The number of carbonyl (C=O) groups is 4. The molecular formula is C54H86BaO10. The van der Waals surface area contributed by atoms with Crippen LogP contribution in [0.25, 0.3) is 0 Å². The van der Waals surface area contributed by atoms with Crippen molar-refractivity contribution in [3.05, 3.63) is 71.8 Å². The summed E-state index contributed by atoms with van der Waals surface area (Å²) in [6.07, 6.45) is 27.8. The standard InChI is InChI=1S/2C27H44O5.Ba/c2*1-23(31-22-25-17-11-9-12-18-25)16-10-5-3-6-13-19-26(32-24(2)28)20-14-7-4-8-15-21-27(29)30;/h2*9,11-12,17-18,23,26H,3-8,10,13-16,19-22H2,1-2H3,(H,29,30);/q;;+2/p-2. The quantitative estimate of drug-likeness (QED) is 0.0358. The van der Waals surface area contributed by atoms with E-state index in [1.165, 1.54) is 76.3 Å². The van der Waals surface area contributed by atoms with Crippen LogP contribution in [0, 0.1) is 0 Å². The summed E-state index contributed by atoms with van der Waals surface area (Å²) in [5, 5.41) is 20.8. The number of hydrogen-bond acceptors (Lipinski definition) is 10. The number of unbranched alkanes of at least 4 members (excludes halogenated alkanes) is 16. The molecular weight excluding hydrogens is 946 g/mol. The SMILES string of the molecule is CC(=O)OC(CCCCCCCC(=O)[O-])CCCCCCCC(C)OCc1ccccc1.CC(=O)OC(CCCCCCCC(=O)[O-])CCCCCCCC(C)OCc1ccccc1.[Ba+2]. The van der Waals surface area contributed by atoms with E-state index in [0.29, 0.717) is 26.1 Å². The molecule has 10 nitrogen and oxygen atoms in total. The molecule has 0 aliphatic rings. The van der Waals surface area contributed by atoms with Crippen molar-refractivity contribution in [1.29, 1.82) is 0 Å². The van der Waals surface area contributed by atoms with Gasteiger partial charge in [0.15, 0.2) is 0 Å². The van der Waals surface area contributed by atoms with E-state index in [1.54, 1.807) is 0 Å². The first-order valence-corrected chi connectivity index (χ1v) is 25.0. The molecule has 0 aromatic heterocycles. The van der Waals surface area contributed by atoms with Crippen molar-refractivity contribution >= 4 is 72.8 Å². The van der Waals surface area contributed by atoms with Gasteiger partial charge in [-0.2, -0.15) is 0 Å². The molecule has 0 fully saturated rings. The van der Waals surface area contributed by atoms with E-state index in [-0.39, 0.29) is 98.1 Å². The molecule has 0 radical (unpaired) electrons. The number of carbonyl (C=O) groups excluding carboxylic acids is 4. The third kappa shape index (κ3) is 42.9. The second-order valence-electron chi connectivity index (χ2n) is 17.7. The maximum absolute atomic E-state index is 11.4. The number of hydrogen-bond donors (Lipinski definition) is 0. The van der Waals surface area contributed by atoms with Crippen LogP contribution in [-0.4, -0.2) is 97.2 Å². The van der Waals surface area contributed by atoms with Gasteiger partial charge in [-0.05, 0) is 115 Å². The summed E-state index contributed by atoms with van der Waals surface area (Å²) < 4.78 is 22.8. The zero-order valence-corrected chi connectivity index (χ0v) is 45.5. The molecule has 65 heavy (non-hydrogen) atoms. The zero-order chi connectivity index (χ0) is 46.9. The van der Waals surface area contributed by atoms with Crippen molar-refractivity contribution in [1.82, 2.24) is 0 Å². The largest absolute Gasteiger partial charge is 2.00 e. The van der Waals surface area contributed by atoms with Gasteiger partial charge in [0.05, 0.1) is 25.4 Å². The monoisotopic (exact) mass is 1030 g/mol. The van der Waals surface area contributed by atoms with E-state index in [2.05, 4.69) is 38.1 Å². The van der Waals surface area contributed by atoms with E-state index >= 15 is 0 Å². The number of aliphatic carboxylic acids is 2. The molecule has 0 saturated carbocycles. The van der Waals surface area contributed by atoms with Crippen LogP contribution in [0.2, 0.25) is 0 Å². The molecule has 0 N–H and O–H groups in total. The van der Waals surface area contributed by atoms with Crippen LogP contribution in [0.5, 0.6) is 0 Å². The van der Waals surface area contributed by atoms with Crippen LogP contribution in [0.4, 0.5) is 0 Å². The maximum atomic E-state index is 11.4. The molecule has 0 aliphatic heterocycles. The Morgan fingerprint density at radius 2 is 0.677 bits per heavy atom. The van der Waals surface area contributed by atoms with Crippen molar-refractivity contribution in [2.75, 3.05) is 0 Å². The molecule has 2 aromatic carbocycles. The van der Waals surface area contributed by atoms with Crippen molar-refractivity contribution in [3.8, 4) is 0 Å². The van der Waals surface area contributed by atoms with E-state index in [1.807, 2.05) is 36.4 Å². The summed E-state index contributed by atoms with van der Waals surface area (Å²) in [6, 6.07) is 20.6. The number of carboxylic acid groups (broad SMARTS) is 2. The Kier molecular flexibility index (Phi) is 42.8. The van der Waals surface area contributed by atoms with Crippen LogP contribution in [-0.2, 0) is 51.3 Å². The Hall–Kier alpha value is -2.19.